The lowest BCUT2D eigenvalue weighted by atomic mass is 10.1. The topological polar surface area (TPSA) is 34.9 Å². The van der Waals surface area contributed by atoms with Gasteiger partial charge in [0, 0.05) is 23.3 Å². The molecule has 1 aromatic heterocycles. The van der Waals surface area contributed by atoms with Gasteiger partial charge in [-0.3, -0.25) is 9.48 Å². The molecule has 2 rings (SSSR count). The van der Waals surface area contributed by atoms with Crippen molar-refractivity contribution in [3.05, 3.63) is 57.8 Å². The number of ketones is 1. The molecule has 0 aliphatic carbocycles. The summed E-state index contributed by atoms with van der Waals surface area (Å²) in [6.07, 6.45) is 4.98. The van der Waals surface area contributed by atoms with Crippen LogP contribution in [-0.2, 0) is 6.54 Å². The molecule has 2 aromatic rings. The van der Waals surface area contributed by atoms with Crippen molar-refractivity contribution in [2.45, 2.75) is 13.5 Å². The molecule has 0 radical (unpaired) electrons. The molecule has 0 bridgehead atoms. The molecule has 0 amide bonds. The molecule has 0 N–H and O–H groups in total. The predicted octanol–water partition coefficient (Wildman–Crippen LogP) is 4.11. The number of rotatable bonds is 4. The Labute approximate surface area is 121 Å². The van der Waals surface area contributed by atoms with Crippen LogP contribution in [0.15, 0.2) is 36.5 Å². The first-order valence-electron chi connectivity index (χ1n) is 5.81. The van der Waals surface area contributed by atoms with Crippen LogP contribution in [0, 0.1) is 0 Å². The minimum atomic E-state index is -0.173. The van der Waals surface area contributed by atoms with Crippen molar-refractivity contribution in [3.8, 4) is 0 Å². The second-order valence-electron chi connectivity index (χ2n) is 3.92. The number of hydrogen-bond donors (Lipinski definition) is 0. The second kappa shape index (κ2) is 6.04. The summed E-state index contributed by atoms with van der Waals surface area (Å²) >= 11 is 11.8. The van der Waals surface area contributed by atoms with E-state index in [1.165, 1.54) is 6.08 Å². The molecule has 0 saturated carbocycles. The first kappa shape index (κ1) is 13.8. The molecule has 0 aliphatic rings. The Bertz CT molecular complexity index is 632. The zero-order chi connectivity index (χ0) is 13.8. The average molecular weight is 295 g/mol. The van der Waals surface area contributed by atoms with Gasteiger partial charge in [-0.15, -0.1) is 0 Å². The number of aryl methyl sites for hydroxylation is 1. The van der Waals surface area contributed by atoms with E-state index in [1.54, 1.807) is 29.0 Å². The highest BCUT2D eigenvalue weighted by Gasteiger charge is 2.07. The number of carbonyl (C=O) groups excluding carboxylic acids is 1. The molecule has 0 unspecified atom stereocenters. The van der Waals surface area contributed by atoms with Crippen LogP contribution in [0.5, 0.6) is 0 Å². The van der Waals surface area contributed by atoms with Gasteiger partial charge in [0.1, 0.15) is 0 Å². The van der Waals surface area contributed by atoms with Gasteiger partial charge >= 0.3 is 0 Å². The van der Waals surface area contributed by atoms with Crippen LogP contribution >= 0.6 is 23.2 Å². The second-order valence-corrected chi connectivity index (χ2v) is 4.76. The minimum Gasteiger partial charge on any atom is -0.289 e. The number of nitrogens with zero attached hydrogens (tertiary/aromatic N) is 2. The van der Waals surface area contributed by atoms with Crippen LogP contribution in [0.4, 0.5) is 0 Å². The third-order valence-corrected chi connectivity index (χ3v) is 3.14. The van der Waals surface area contributed by atoms with Crippen molar-refractivity contribution < 1.29 is 4.79 Å². The summed E-state index contributed by atoms with van der Waals surface area (Å²) in [5.74, 6) is -0.173. The number of hydrogen-bond acceptors (Lipinski definition) is 2. The van der Waals surface area contributed by atoms with E-state index >= 15 is 0 Å². The van der Waals surface area contributed by atoms with Crippen molar-refractivity contribution >= 4 is 35.1 Å². The van der Waals surface area contributed by atoms with E-state index in [2.05, 4.69) is 5.10 Å². The molecule has 3 nitrogen and oxygen atoms in total. The fourth-order valence-electron chi connectivity index (χ4n) is 1.58. The lowest BCUT2D eigenvalue weighted by molar-refractivity contribution is 0.104. The molecule has 19 heavy (non-hydrogen) atoms. The highest BCUT2D eigenvalue weighted by atomic mass is 35.5. The third kappa shape index (κ3) is 3.46. The van der Waals surface area contributed by atoms with Crippen molar-refractivity contribution in [2.24, 2.45) is 0 Å². The smallest absolute Gasteiger partial charge is 0.187 e. The molecule has 0 saturated heterocycles. The zero-order valence-corrected chi connectivity index (χ0v) is 11.8. The van der Waals surface area contributed by atoms with E-state index in [0.29, 0.717) is 15.6 Å². The van der Waals surface area contributed by atoms with Crippen molar-refractivity contribution in [1.29, 1.82) is 0 Å². The van der Waals surface area contributed by atoms with Gasteiger partial charge in [-0.2, -0.15) is 5.10 Å². The molecular formula is C14H12Cl2N2O. The van der Waals surface area contributed by atoms with Crippen LogP contribution in [0.3, 0.4) is 0 Å². The molecule has 1 heterocycles. The Morgan fingerprint density at radius 2 is 2.16 bits per heavy atom. The monoisotopic (exact) mass is 294 g/mol. The molecule has 0 spiro atoms. The Kier molecular flexibility index (Phi) is 4.40. The van der Waals surface area contributed by atoms with Crippen LogP contribution in [0.1, 0.15) is 23.0 Å². The summed E-state index contributed by atoms with van der Waals surface area (Å²) in [5.41, 5.74) is 1.16. The maximum atomic E-state index is 12.0. The Morgan fingerprint density at radius 3 is 2.79 bits per heavy atom. The molecule has 98 valence electrons. The number of aromatic nitrogens is 2. The van der Waals surface area contributed by atoms with Crippen molar-refractivity contribution in [3.63, 3.8) is 0 Å². The predicted molar refractivity (Wildman–Crippen MR) is 77.7 cm³/mol. The van der Waals surface area contributed by atoms with Gasteiger partial charge in [0.05, 0.1) is 10.7 Å². The number of carbonyl (C=O) groups is 1. The summed E-state index contributed by atoms with van der Waals surface area (Å²) in [4.78, 5) is 12.0. The van der Waals surface area contributed by atoms with Gasteiger partial charge < -0.3 is 0 Å². The molecule has 0 aliphatic heterocycles. The van der Waals surface area contributed by atoms with Gasteiger partial charge in [0.25, 0.3) is 0 Å². The van der Waals surface area contributed by atoms with Gasteiger partial charge in [-0.1, -0.05) is 23.2 Å². The Balaban J connectivity index is 2.16. The average Bonchev–Trinajstić information content (AvgIpc) is 2.84. The SMILES string of the molecule is CCn1ccc(/C=C/C(=O)c2ccc(Cl)cc2Cl)n1. The summed E-state index contributed by atoms with van der Waals surface area (Å²) in [6.45, 7) is 2.80. The van der Waals surface area contributed by atoms with E-state index in [0.717, 1.165) is 12.2 Å². The van der Waals surface area contributed by atoms with Crippen LogP contribution in [0.25, 0.3) is 6.08 Å². The van der Waals surface area contributed by atoms with E-state index < -0.39 is 0 Å². The van der Waals surface area contributed by atoms with E-state index in [9.17, 15) is 4.79 Å². The van der Waals surface area contributed by atoms with E-state index in [-0.39, 0.29) is 5.78 Å². The fourth-order valence-corrected chi connectivity index (χ4v) is 2.08. The largest absolute Gasteiger partial charge is 0.289 e. The Hall–Kier alpha value is -1.58. The van der Waals surface area contributed by atoms with E-state index in [1.807, 2.05) is 19.2 Å². The van der Waals surface area contributed by atoms with Crippen molar-refractivity contribution in [2.75, 3.05) is 0 Å². The van der Waals surface area contributed by atoms with Gasteiger partial charge in [0.15, 0.2) is 5.78 Å². The Morgan fingerprint density at radius 1 is 1.37 bits per heavy atom. The lowest BCUT2D eigenvalue weighted by Crippen LogP contribution is -1.96. The number of halogens is 2. The summed E-state index contributed by atoms with van der Waals surface area (Å²) < 4.78 is 1.79. The first-order chi connectivity index (χ1) is 9.10. The quantitative estimate of drug-likeness (QED) is 0.628. The molecule has 0 fully saturated rings. The first-order valence-corrected chi connectivity index (χ1v) is 6.56. The van der Waals surface area contributed by atoms with Crippen LogP contribution < -0.4 is 0 Å². The zero-order valence-electron chi connectivity index (χ0n) is 10.3. The summed E-state index contributed by atoms with van der Waals surface area (Å²) in [5, 5.41) is 5.11. The van der Waals surface area contributed by atoms with Gasteiger partial charge in [-0.25, -0.2) is 0 Å². The fraction of sp³-hybridized carbons (Fsp3) is 0.143. The normalized spacial score (nSPS) is 11.1. The van der Waals surface area contributed by atoms with Crippen LogP contribution in [0.2, 0.25) is 10.0 Å². The minimum absolute atomic E-state index is 0.173. The van der Waals surface area contributed by atoms with Crippen LogP contribution in [-0.4, -0.2) is 15.6 Å². The molecular weight excluding hydrogens is 283 g/mol. The molecule has 0 atom stereocenters. The third-order valence-electron chi connectivity index (χ3n) is 2.59. The summed E-state index contributed by atoms with van der Waals surface area (Å²) in [7, 11) is 0. The maximum Gasteiger partial charge on any atom is 0.187 e. The van der Waals surface area contributed by atoms with Crippen molar-refractivity contribution in [1.82, 2.24) is 9.78 Å². The highest BCUT2D eigenvalue weighted by molar-refractivity contribution is 6.37. The highest BCUT2D eigenvalue weighted by Crippen LogP contribution is 2.21. The standard InChI is InChI=1S/C14H12Cl2N2O/c1-2-18-8-7-11(17-18)4-6-14(19)12-5-3-10(15)9-13(12)16/h3-9H,2H2,1H3/b6-4+. The van der Waals surface area contributed by atoms with Gasteiger partial charge in [0.2, 0.25) is 0 Å². The number of benzene rings is 1. The maximum absolute atomic E-state index is 12.0. The lowest BCUT2D eigenvalue weighted by Gasteiger charge is -1.99. The van der Waals surface area contributed by atoms with E-state index in [4.69, 9.17) is 23.2 Å². The summed E-state index contributed by atoms with van der Waals surface area (Å²) in [6, 6.07) is 6.65. The molecule has 5 heteroatoms. The molecule has 1 aromatic carbocycles. The number of allylic oxidation sites excluding steroid dienone is 1. The van der Waals surface area contributed by atoms with Gasteiger partial charge in [-0.05, 0) is 43.3 Å².